The molecule has 0 unspecified atom stereocenters. The zero-order valence-electron chi connectivity index (χ0n) is 12.4. The Morgan fingerprint density at radius 1 is 1.15 bits per heavy atom. The maximum atomic E-state index is 12.4. The molecule has 110 valence electrons. The first-order valence-corrected chi connectivity index (χ1v) is 8.75. The molecule has 0 N–H and O–H groups in total. The van der Waals surface area contributed by atoms with Crippen LogP contribution in [-0.4, -0.2) is 5.78 Å². The van der Waals surface area contributed by atoms with E-state index in [9.17, 15) is 4.79 Å². The van der Waals surface area contributed by atoms with Crippen LogP contribution >= 0.6 is 15.9 Å². The van der Waals surface area contributed by atoms with Crippen molar-refractivity contribution in [1.29, 1.82) is 0 Å². The summed E-state index contributed by atoms with van der Waals surface area (Å²) in [5.41, 5.74) is 1.14. The van der Waals surface area contributed by atoms with Gasteiger partial charge in [0.1, 0.15) is 5.78 Å². The molecule has 1 aliphatic rings. The minimum Gasteiger partial charge on any atom is -0.299 e. The summed E-state index contributed by atoms with van der Waals surface area (Å²) in [4.78, 5) is 12.4. The number of halogens is 1. The molecule has 1 aliphatic carbocycles. The quantitative estimate of drug-likeness (QED) is 0.664. The lowest BCUT2D eigenvalue weighted by molar-refractivity contribution is -0.123. The third-order valence-electron chi connectivity index (χ3n) is 4.56. The van der Waals surface area contributed by atoms with Gasteiger partial charge >= 0.3 is 0 Å². The summed E-state index contributed by atoms with van der Waals surface area (Å²) < 4.78 is 1.07. The molecule has 0 amide bonds. The van der Waals surface area contributed by atoms with Crippen LogP contribution in [0.5, 0.6) is 0 Å². The molecular formula is C18H25BrO. The first-order valence-electron chi connectivity index (χ1n) is 7.96. The Labute approximate surface area is 131 Å². The van der Waals surface area contributed by atoms with Crippen molar-refractivity contribution in [2.45, 2.75) is 58.3 Å². The number of benzene rings is 1. The number of rotatable bonds is 6. The van der Waals surface area contributed by atoms with E-state index in [2.05, 4.69) is 35.0 Å². The first-order chi connectivity index (χ1) is 9.69. The highest BCUT2D eigenvalue weighted by Crippen LogP contribution is 2.32. The normalized spacial score (nSPS) is 22.7. The van der Waals surface area contributed by atoms with E-state index >= 15 is 0 Å². The van der Waals surface area contributed by atoms with Crippen LogP contribution < -0.4 is 0 Å². The van der Waals surface area contributed by atoms with Gasteiger partial charge in [0, 0.05) is 16.8 Å². The van der Waals surface area contributed by atoms with Crippen LogP contribution in [0.1, 0.15) is 57.4 Å². The molecule has 0 aromatic heterocycles. The molecule has 1 aromatic rings. The van der Waals surface area contributed by atoms with Gasteiger partial charge in [-0.1, -0.05) is 54.2 Å². The van der Waals surface area contributed by atoms with Crippen molar-refractivity contribution >= 4 is 21.7 Å². The Hall–Kier alpha value is -0.630. The third-order valence-corrected chi connectivity index (χ3v) is 5.09. The number of hydrogen-bond acceptors (Lipinski definition) is 1. The van der Waals surface area contributed by atoms with Crippen molar-refractivity contribution in [1.82, 2.24) is 0 Å². The predicted octanol–water partition coefficient (Wildman–Crippen LogP) is 5.56. The second kappa shape index (κ2) is 7.97. The fourth-order valence-electron chi connectivity index (χ4n) is 3.21. The molecule has 1 fully saturated rings. The van der Waals surface area contributed by atoms with Gasteiger partial charge in [-0.2, -0.15) is 0 Å². The molecule has 0 heterocycles. The molecule has 1 aromatic carbocycles. The van der Waals surface area contributed by atoms with E-state index in [1.807, 2.05) is 12.1 Å². The number of carbonyl (C=O) groups is 1. The highest BCUT2D eigenvalue weighted by Gasteiger charge is 2.25. The monoisotopic (exact) mass is 336 g/mol. The lowest BCUT2D eigenvalue weighted by Crippen LogP contribution is -2.23. The fraction of sp³-hybridized carbons (Fsp3) is 0.611. The lowest BCUT2D eigenvalue weighted by Gasteiger charge is -2.27. The van der Waals surface area contributed by atoms with Crippen LogP contribution in [0.15, 0.2) is 28.7 Å². The van der Waals surface area contributed by atoms with Crippen molar-refractivity contribution in [2.24, 2.45) is 11.8 Å². The van der Waals surface area contributed by atoms with Crippen molar-refractivity contribution in [3.8, 4) is 0 Å². The number of unbranched alkanes of at least 4 members (excludes halogenated alkanes) is 1. The van der Waals surface area contributed by atoms with E-state index in [0.717, 1.165) is 28.8 Å². The third kappa shape index (κ3) is 4.73. The van der Waals surface area contributed by atoms with Crippen LogP contribution in [0.4, 0.5) is 0 Å². The van der Waals surface area contributed by atoms with Gasteiger partial charge in [0.25, 0.3) is 0 Å². The largest absolute Gasteiger partial charge is 0.299 e. The first kappa shape index (κ1) is 15.8. The van der Waals surface area contributed by atoms with E-state index in [0.29, 0.717) is 18.1 Å². The molecule has 2 heteroatoms. The number of carbonyl (C=O) groups excluding carboxylic acids is 1. The van der Waals surface area contributed by atoms with Crippen molar-refractivity contribution in [2.75, 3.05) is 0 Å². The Kier molecular flexibility index (Phi) is 6.28. The van der Waals surface area contributed by atoms with E-state index in [1.165, 1.54) is 32.1 Å². The molecule has 1 nitrogen and oxygen atoms in total. The van der Waals surface area contributed by atoms with Gasteiger partial charge in [0.15, 0.2) is 0 Å². The topological polar surface area (TPSA) is 17.1 Å². The molecule has 20 heavy (non-hydrogen) atoms. The van der Waals surface area contributed by atoms with Crippen LogP contribution in [-0.2, 0) is 11.2 Å². The minimum atomic E-state index is 0.316. The summed E-state index contributed by atoms with van der Waals surface area (Å²) in [6, 6.07) is 8.14. The highest BCUT2D eigenvalue weighted by atomic mass is 79.9. The molecule has 0 spiro atoms. The zero-order chi connectivity index (χ0) is 14.4. The van der Waals surface area contributed by atoms with E-state index in [1.54, 1.807) is 0 Å². The van der Waals surface area contributed by atoms with E-state index in [4.69, 9.17) is 0 Å². The Balaban J connectivity index is 1.78. The van der Waals surface area contributed by atoms with E-state index < -0.39 is 0 Å². The molecule has 0 radical (unpaired) electrons. The molecular weight excluding hydrogens is 312 g/mol. The summed E-state index contributed by atoms with van der Waals surface area (Å²) in [6.07, 6.45) is 9.37. The van der Waals surface area contributed by atoms with Crippen LogP contribution in [0.25, 0.3) is 0 Å². The van der Waals surface area contributed by atoms with E-state index in [-0.39, 0.29) is 0 Å². The molecule has 0 aliphatic heterocycles. The van der Waals surface area contributed by atoms with Gasteiger partial charge in [-0.05, 0) is 49.3 Å². The zero-order valence-corrected chi connectivity index (χ0v) is 14.0. The van der Waals surface area contributed by atoms with Gasteiger partial charge in [-0.15, -0.1) is 0 Å². The predicted molar refractivity (Wildman–Crippen MR) is 87.8 cm³/mol. The second-order valence-electron chi connectivity index (χ2n) is 6.13. The second-order valence-corrected chi connectivity index (χ2v) is 7.05. The molecule has 2 rings (SSSR count). The SMILES string of the molecule is CCCCC1CCC(C(=O)Cc2ccc(Br)cc2)CC1. The van der Waals surface area contributed by atoms with Gasteiger partial charge in [0.05, 0.1) is 0 Å². The summed E-state index contributed by atoms with van der Waals surface area (Å²) in [5, 5.41) is 0. The molecule has 1 saturated carbocycles. The van der Waals surface area contributed by atoms with Crippen molar-refractivity contribution in [3.05, 3.63) is 34.3 Å². The van der Waals surface area contributed by atoms with Crippen molar-refractivity contribution < 1.29 is 4.79 Å². The smallest absolute Gasteiger partial charge is 0.140 e. The minimum absolute atomic E-state index is 0.316. The maximum absolute atomic E-state index is 12.4. The number of ketones is 1. The highest BCUT2D eigenvalue weighted by molar-refractivity contribution is 9.10. The summed E-state index contributed by atoms with van der Waals surface area (Å²) in [7, 11) is 0. The van der Waals surface area contributed by atoms with Gasteiger partial charge in [-0.25, -0.2) is 0 Å². The molecule has 0 saturated heterocycles. The average molecular weight is 337 g/mol. The van der Waals surface area contributed by atoms with Gasteiger partial charge in [0.2, 0.25) is 0 Å². The Bertz CT molecular complexity index is 416. The lowest BCUT2D eigenvalue weighted by atomic mass is 9.77. The number of Topliss-reactive ketones (excluding diaryl/α,β-unsaturated/α-hetero) is 1. The molecule has 0 bridgehead atoms. The molecule has 0 atom stereocenters. The van der Waals surface area contributed by atoms with Crippen molar-refractivity contribution in [3.63, 3.8) is 0 Å². The average Bonchev–Trinajstić information content (AvgIpc) is 2.48. The van der Waals surface area contributed by atoms with Crippen LogP contribution in [0, 0.1) is 11.8 Å². The van der Waals surface area contributed by atoms with Gasteiger partial charge < -0.3 is 0 Å². The summed E-state index contributed by atoms with van der Waals surface area (Å²) in [6.45, 7) is 2.26. The van der Waals surface area contributed by atoms with Gasteiger partial charge in [-0.3, -0.25) is 4.79 Å². The Morgan fingerprint density at radius 2 is 1.80 bits per heavy atom. The summed E-state index contributed by atoms with van der Waals surface area (Å²) >= 11 is 3.43. The van der Waals surface area contributed by atoms with Crippen LogP contribution in [0.2, 0.25) is 0 Å². The standard InChI is InChI=1S/C18H25BrO/c1-2-3-4-14-5-9-16(10-6-14)18(20)13-15-7-11-17(19)12-8-15/h7-8,11-12,14,16H,2-6,9-10,13H2,1H3. The Morgan fingerprint density at radius 3 is 2.40 bits per heavy atom. The number of hydrogen-bond donors (Lipinski definition) is 0. The maximum Gasteiger partial charge on any atom is 0.140 e. The summed E-state index contributed by atoms with van der Waals surface area (Å²) in [5.74, 6) is 1.64. The van der Waals surface area contributed by atoms with Crippen LogP contribution in [0.3, 0.4) is 0 Å². The fourth-order valence-corrected chi connectivity index (χ4v) is 3.48.